The van der Waals surface area contributed by atoms with E-state index in [2.05, 4.69) is 15.3 Å². The molecular formula is C14H9F9N4. The van der Waals surface area contributed by atoms with Crippen LogP contribution in [0.1, 0.15) is 16.8 Å². The molecule has 148 valence electrons. The van der Waals surface area contributed by atoms with Crippen molar-refractivity contribution in [1.29, 1.82) is 0 Å². The number of nitrogens with one attached hydrogen (secondary N) is 2. The molecule has 1 aromatic carbocycles. The third-order valence-electron chi connectivity index (χ3n) is 3.16. The maximum absolute atomic E-state index is 13.1. The van der Waals surface area contributed by atoms with Crippen LogP contribution in [0.3, 0.4) is 0 Å². The van der Waals surface area contributed by atoms with Gasteiger partial charge in [0, 0.05) is 13.1 Å². The summed E-state index contributed by atoms with van der Waals surface area (Å²) in [6.07, 6.45) is -15.1. The zero-order chi connectivity index (χ0) is 20.6. The lowest BCUT2D eigenvalue weighted by Gasteiger charge is -2.17. The van der Waals surface area contributed by atoms with Gasteiger partial charge in [-0.25, -0.2) is 4.98 Å². The van der Waals surface area contributed by atoms with Gasteiger partial charge in [-0.05, 0) is 18.2 Å². The van der Waals surface area contributed by atoms with E-state index in [0.29, 0.717) is 18.2 Å². The van der Waals surface area contributed by atoms with E-state index < -0.39 is 52.8 Å². The maximum Gasteiger partial charge on any atom is 0.433 e. The fourth-order valence-corrected chi connectivity index (χ4v) is 1.97. The summed E-state index contributed by atoms with van der Waals surface area (Å²) >= 11 is 0. The van der Waals surface area contributed by atoms with E-state index in [0.717, 1.165) is 0 Å². The number of aromatic nitrogens is 2. The molecule has 27 heavy (non-hydrogen) atoms. The fraction of sp³-hybridized carbons (Fsp3) is 0.286. The van der Waals surface area contributed by atoms with E-state index in [9.17, 15) is 39.5 Å². The molecule has 0 amide bonds. The highest BCUT2D eigenvalue weighted by molar-refractivity contribution is 5.63. The van der Waals surface area contributed by atoms with Crippen molar-refractivity contribution in [1.82, 2.24) is 9.97 Å². The van der Waals surface area contributed by atoms with Gasteiger partial charge in [0.15, 0.2) is 5.69 Å². The summed E-state index contributed by atoms with van der Waals surface area (Å²) in [5.74, 6) is -1.24. The second-order valence-electron chi connectivity index (χ2n) is 5.09. The highest BCUT2D eigenvalue weighted by atomic mass is 19.4. The quantitative estimate of drug-likeness (QED) is 0.681. The van der Waals surface area contributed by atoms with Crippen LogP contribution >= 0.6 is 0 Å². The minimum atomic E-state index is -5.20. The summed E-state index contributed by atoms with van der Waals surface area (Å²) in [7, 11) is 1.18. The standard InChI is InChI=1S/C14H9F9N4/c1-24-11-26-9(14(21,22)23)5-10(27-11)25-8-3-2-6(12(15,16)17)4-7(8)13(18,19)20/h2-5H,1H3,(H2,24,25,26,27). The van der Waals surface area contributed by atoms with Crippen LogP contribution in [0.5, 0.6) is 0 Å². The smallest absolute Gasteiger partial charge is 0.357 e. The predicted octanol–water partition coefficient (Wildman–Crippen LogP) is 5.32. The van der Waals surface area contributed by atoms with Gasteiger partial charge >= 0.3 is 18.5 Å². The fourth-order valence-electron chi connectivity index (χ4n) is 1.97. The van der Waals surface area contributed by atoms with Crippen molar-refractivity contribution in [3.05, 3.63) is 41.1 Å². The van der Waals surface area contributed by atoms with Crippen LogP contribution in [0.2, 0.25) is 0 Å². The molecule has 2 N–H and O–H groups in total. The second-order valence-corrected chi connectivity index (χ2v) is 5.09. The Labute approximate surface area is 145 Å². The average molecular weight is 404 g/mol. The van der Waals surface area contributed by atoms with Crippen molar-refractivity contribution < 1.29 is 39.5 Å². The molecule has 0 aliphatic heterocycles. The van der Waals surface area contributed by atoms with Gasteiger partial charge in [0.05, 0.1) is 16.8 Å². The summed E-state index contributed by atoms with van der Waals surface area (Å²) in [6.45, 7) is 0. The highest BCUT2D eigenvalue weighted by Crippen LogP contribution is 2.40. The normalized spacial score (nSPS) is 12.8. The van der Waals surface area contributed by atoms with Crippen molar-refractivity contribution >= 4 is 17.5 Å². The van der Waals surface area contributed by atoms with E-state index in [1.807, 2.05) is 5.32 Å². The molecule has 0 spiro atoms. The Morgan fingerprint density at radius 3 is 1.89 bits per heavy atom. The third-order valence-corrected chi connectivity index (χ3v) is 3.16. The summed E-state index contributed by atoms with van der Waals surface area (Å²) in [5.41, 5.74) is -5.63. The Balaban J connectivity index is 2.54. The van der Waals surface area contributed by atoms with Gasteiger partial charge in [-0.15, -0.1) is 0 Å². The zero-order valence-electron chi connectivity index (χ0n) is 13.1. The van der Waals surface area contributed by atoms with Crippen LogP contribution in [-0.4, -0.2) is 17.0 Å². The number of alkyl halides is 9. The monoisotopic (exact) mass is 404 g/mol. The highest BCUT2D eigenvalue weighted by Gasteiger charge is 2.39. The molecule has 0 saturated heterocycles. The Morgan fingerprint density at radius 1 is 0.778 bits per heavy atom. The minimum Gasteiger partial charge on any atom is -0.357 e. The summed E-state index contributed by atoms with van der Waals surface area (Å²) in [5, 5.41) is 4.17. The molecule has 0 aliphatic rings. The molecule has 0 radical (unpaired) electrons. The third kappa shape index (κ3) is 4.92. The molecule has 0 bridgehead atoms. The van der Waals surface area contributed by atoms with Gasteiger partial charge in [0.2, 0.25) is 5.95 Å². The lowest BCUT2D eigenvalue weighted by atomic mass is 10.1. The SMILES string of the molecule is CNc1nc(Nc2ccc(C(F)(F)F)cc2C(F)(F)F)cc(C(F)(F)F)n1. The second kappa shape index (κ2) is 6.78. The molecule has 0 unspecified atom stereocenters. The number of halogens is 9. The lowest BCUT2D eigenvalue weighted by Crippen LogP contribution is -2.15. The Bertz CT molecular complexity index is 825. The first-order valence-corrected chi connectivity index (χ1v) is 6.91. The number of hydrogen-bond donors (Lipinski definition) is 2. The van der Waals surface area contributed by atoms with Crippen LogP contribution in [0.4, 0.5) is 57.0 Å². The average Bonchev–Trinajstić information content (AvgIpc) is 2.52. The molecule has 2 aromatic rings. The summed E-state index contributed by atoms with van der Waals surface area (Å²) in [6, 6.07) is 1.01. The molecule has 0 aliphatic carbocycles. The van der Waals surface area contributed by atoms with Gasteiger partial charge in [-0.2, -0.15) is 44.5 Å². The van der Waals surface area contributed by atoms with E-state index in [1.54, 1.807) is 0 Å². The molecular weight excluding hydrogens is 395 g/mol. The van der Waals surface area contributed by atoms with E-state index >= 15 is 0 Å². The van der Waals surface area contributed by atoms with Crippen molar-refractivity contribution in [2.75, 3.05) is 17.7 Å². The molecule has 0 fully saturated rings. The summed E-state index contributed by atoms with van der Waals surface area (Å²) < 4.78 is 116. The van der Waals surface area contributed by atoms with Crippen molar-refractivity contribution in [3.63, 3.8) is 0 Å². The van der Waals surface area contributed by atoms with E-state index in [-0.39, 0.29) is 6.07 Å². The number of benzene rings is 1. The first-order chi connectivity index (χ1) is 12.2. The largest absolute Gasteiger partial charge is 0.433 e. The lowest BCUT2D eigenvalue weighted by molar-refractivity contribution is -0.143. The zero-order valence-corrected chi connectivity index (χ0v) is 13.1. The van der Waals surface area contributed by atoms with Crippen LogP contribution < -0.4 is 10.6 Å². The van der Waals surface area contributed by atoms with E-state index in [1.165, 1.54) is 7.05 Å². The molecule has 13 heteroatoms. The molecule has 4 nitrogen and oxygen atoms in total. The van der Waals surface area contributed by atoms with Gasteiger partial charge in [0.25, 0.3) is 0 Å². The molecule has 0 saturated carbocycles. The van der Waals surface area contributed by atoms with Gasteiger partial charge < -0.3 is 10.6 Å². The number of rotatable bonds is 3. The van der Waals surface area contributed by atoms with Gasteiger partial charge in [0.1, 0.15) is 5.82 Å². The van der Waals surface area contributed by atoms with Crippen molar-refractivity contribution in [2.24, 2.45) is 0 Å². The Kier molecular flexibility index (Phi) is 5.16. The van der Waals surface area contributed by atoms with Crippen LogP contribution in [0, 0.1) is 0 Å². The first kappa shape index (κ1) is 20.6. The molecule has 1 heterocycles. The first-order valence-electron chi connectivity index (χ1n) is 6.91. The maximum atomic E-state index is 13.1. The number of hydrogen-bond acceptors (Lipinski definition) is 4. The van der Waals surface area contributed by atoms with Crippen molar-refractivity contribution in [3.8, 4) is 0 Å². The van der Waals surface area contributed by atoms with Crippen molar-refractivity contribution in [2.45, 2.75) is 18.5 Å². The predicted molar refractivity (Wildman–Crippen MR) is 76.3 cm³/mol. The van der Waals surface area contributed by atoms with Crippen LogP contribution in [-0.2, 0) is 18.5 Å². The van der Waals surface area contributed by atoms with Gasteiger partial charge in [-0.1, -0.05) is 0 Å². The summed E-state index contributed by atoms with van der Waals surface area (Å²) in [4.78, 5) is 6.66. The van der Waals surface area contributed by atoms with Gasteiger partial charge in [-0.3, -0.25) is 0 Å². The van der Waals surface area contributed by atoms with E-state index in [4.69, 9.17) is 0 Å². The van der Waals surface area contributed by atoms with Crippen LogP contribution in [0.15, 0.2) is 24.3 Å². The molecule has 0 atom stereocenters. The number of nitrogens with zero attached hydrogens (tertiary/aromatic N) is 2. The Hall–Kier alpha value is -2.73. The number of anilines is 3. The molecule has 1 aromatic heterocycles. The topological polar surface area (TPSA) is 49.8 Å². The molecule has 2 rings (SSSR count). The Morgan fingerprint density at radius 2 is 1.41 bits per heavy atom. The minimum absolute atomic E-state index is 0.146. The van der Waals surface area contributed by atoms with Crippen LogP contribution in [0.25, 0.3) is 0 Å².